The van der Waals surface area contributed by atoms with Crippen molar-refractivity contribution in [3.8, 4) is 11.5 Å². The molecule has 2 aromatic carbocycles. The van der Waals surface area contributed by atoms with Crippen LogP contribution in [0.5, 0.6) is 11.5 Å². The zero-order valence-corrected chi connectivity index (χ0v) is 22.0. The molecule has 1 aliphatic carbocycles. The second-order valence-corrected chi connectivity index (χ2v) is 10.6. The van der Waals surface area contributed by atoms with Gasteiger partial charge in [0.05, 0.1) is 28.6 Å². The highest BCUT2D eigenvalue weighted by Crippen LogP contribution is 2.46. The van der Waals surface area contributed by atoms with E-state index in [4.69, 9.17) is 9.47 Å². The molecule has 2 aliphatic rings. The van der Waals surface area contributed by atoms with Crippen LogP contribution in [0.3, 0.4) is 0 Å². The summed E-state index contributed by atoms with van der Waals surface area (Å²) in [5.74, 6) is 1.25. The van der Waals surface area contributed by atoms with Crippen LogP contribution in [0.4, 0.5) is 21.9 Å². The molecule has 0 saturated heterocycles. The second kappa shape index (κ2) is 10.1. The summed E-state index contributed by atoms with van der Waals surface area (Å²) in [6.07, 6.45) is 5.53. The lowest BCUT2D eigenvalue weighted by Gasteiger charge is -2.30. The number of amides is 3. The van der Waals surface area contributed by atoms with Crippen LogP contribution in [0.2, 0.25) is 0 Å². The molecule has 4 aromatic rings. The minimum Gasteiger partial charge on any atom is -0.457 e. The van der Waals surface area contributed by atoms with Gasteiger partial charge in [-0.15, -0.1) is 11.3 Å². The van der Waals surface area contributed by atoms with Gasteiger partial charge in [-0.1, -0.05) is 18.2 Å². The van der Waals surface area contributed by atoms with Crippen molar-refractivity contribution in [2.75, 3.05) is 17.3 Å². The van der Waals surface area contributed by atoms with Gasteiger partial charge < -0.3 is 20.1 Å². The van der Waals surface area contributed by atoms with Crippen molar-refractivity contribution in [3.05, 3.63) is 71.2 Å². The molecule has 38 heavy (non-hydrogen) atoms. The molecule has 3 amide bonds. The summed E-state index contributed by atoms with van der Waals surface area (Å²) >= 11 is 1.30. The third-order valence-electron chi connectivity index (χ3n) is 7.18. The molecule has 0 unspecified atom stereocenters. The molecule has 2 N–H and O–H groups in total. The number of hydrogen-bond donors (Lipinski definition) is 2. The number of para-hydroxylation sites is 1. The molecule has 2 aromatic heterocycles. The van der Waals surface area contributed by atoms with Crippen molar-refractivity contribution < 1.29 is 19.1 Å². The van der Waals surface area contributed by atoms with Crippen LogP contribution in [0.1, 0.15) is 40.9 Å². The van der Waals surface area contributed by atoms with Crippen molar-refractivity contribution >= 4 is 50.6 Å². The van der Waals surface area contributed by atoms with Gasteiger partial charge in [-0.2, -0.15) is 0 Å². The number of anilines is 3. The maximum Gasteiger partial charge on any atom is 0.331 e. The number of carbonyl (C=O) groups excluding carboxylic acids is 2. The number of benzene rings is 2. The average Bonchev–Trinajstić information content (AvgIpc) is 3.30. The lowest BCUT2D eigenvalue weighted by molar-refractivity contribution is 0.0600. The van der Waals surface area contributed by atoms with Gasteiger partial charge in [0.15, 0.2) is 0 Å². The number of aryl methyl sites for hydroxylation is 1. The molecule has 1 saturated carbocycles. The first-order valence-corrected chi connectivity index (χ1v) is 13.5. The van der Waals surface area contributed by atoms with E-state index in [9.17, 15) is 9.59 Å². The van der Waals surface area contributed by atoms with Crippen molar-refractivity contribution in [2.24, 2.45) is 0 Å². The van der Waals surface area contributed by atoms with Crippen molar-refractivity contribution in [1.82, 2.24) is 10.3 Å². The average molecular weight is 529 g/mol. The van der Waals surface area contributed by atoms with E-state index in [0.29, 0.717) is 26.8 Å². The second-order valence-electron chi connectivity index (χ2n) is 9.63. The smallest absolute Gasteiger partial charge is 0.331 e. The minimum atomic E-state index is -0.321. The van der Waals surface area contributed by atoms with Gasteiger partial charge in [0, 0.05) is 19.3 Å². The molecule has 6 rings (SSSR count). The SMILES string of the molecule is COC1CCC(NC(=O)c2sc3nccc4c3c2NC(=O)N4c2ccc(Oc3ccccc3)cc2C)CC1. The van der Waals surface area contributed by atoms with E-state index in [1.54, 1.807) is 18.2 Å². The molecule has 0 atom stereocenters. The van der Waals surface area contributed by atoms with Crippen LogP contribution in [0, 0.1) is 6.92 Å². The molecule has 0 bridgehead atoms. The van der Waals surface area contributed by atoms with E-state index in [1.165, 1.54) is 11.3 Å². The van der Waals surface area contributed by atoms with Crippen molar-refractivity contribution in [1.29, 1.82) is 0 Å². The predicted octanol–water partition coefficient (Wildman–Crippen LogP) is 6.77. The Balaban J connectivity index is 1.30. The number of pyridine rings is 1. The number of rotatable bonds is 6. The largest absolute Gasteiger partial charge is 0.457 e. The first-order chi connectivity index (χ1) is 18.5. The summed E-state index contributed by atoms with van der Waals surface area (Å²) in [5.41, 5.74) is 2.83. The first kappa shape index (κ1) is 24.4. The Morgan fingerprint density at radius 1 is 1.05 bits per heavy atom. The van der Waals surface area contributed by atoms with Crippen LogP contribution in [0.15, 0.2) is 60.8 Å². The molecule has 1 fully saturated rings. The molecule has 0 spiro atoms. The van der Waals surface area contributed by atoms with E-state index in [-0.39, 0.29) is 24.1 Å². The fourth-order valence-corrected chi connectivity index (χ4v) is 6.27. The molecular weight excluding hydrogens is 500 g/mol. The van der Waals surface area contributed by atoms with E-state index >= 15 is 0 Å². The van der Waals surface area contributed by atoms with Gasteiger partial charge in [-0.3, -0.25) is 9.69 Å². The number of nitrogens with zero attached hydrogens (tertiary/aromatic N) is 2. The summed E-state index contributed by atoms with van der Waals surface area (Å²) in [6, 6.07) is 16.8. The summed E-state index contributed by atoms with van der Waals surface area (Å²) in [4.78, 5) is 34.1. The van der Waals surface area contributed by atoms with Gasteiger partial charge in [-0.25, -0.2) is 9.78 Å². The van der Waals surface area contributed by atoms with Crippen molar-refractivity contribution in [3.63, 3.8) is 0 Å². The number of aromatic nitrogens is 1. The zero-order valence-electron chi connectivity index (χ0n) is 21.2. The van der Waals surface area contributed by atoms with Crippen molar-refractivity contribution in [2.45, 2.75) is 44.8 Å². The summed E-state index contributed by atoms with van der Waals surface area (Å²) in [5, 5.41) is 6.92. The maximum absolute atomic E-state index is 13.5. The molecule has 1 aliphatic heterocycles. The fourth-order valence-electron chi connectivity index (χ4n) is 5.24. The molecule has 3 heterocycles. The van der Waals surface area contributed by atoms with Gasteiger partial charge in [0.1, 0.15) is 21.2 Å². The number of ether oxygens (including phenoxy) is 2. The van der Waals surface area contributed by atoms with Gasteiger partial charge in [0.25, 0.3) is 5.91 Å². The fraction of sp³-hybridized carbons (Fsp3) is 0.276. The lowest BCUT2D eigenvalue weighted by atomic mass is 9.93. The van der Waals surface area contributed by atoms with E-state index in [2.05, 4.69) is 15.6 Å². The summed E-state index contributed by atoms with van der Waals surface area (Å²) < 4.78 is 11.4. The normalized spacial score (nSPS) is 18.8. The number of hydrogen-bond acceptors (Lipinski definition) is 6. The first-order valence-electron chi connectivity index (χ1n) is 12.7. The Labute approximate surface area is 224 Å². The standard InChI is InChI=1S/C29H28N4O4S/c1-17-16-21(37-20-6-4-3-5-7-20)12-13-22(17)33-23-14-15-30-28-24(23)25(32-29(33)35)26(38-28)27(34)31-18-8-10-19(36-2)11-9-18/h3-7,12-16,18-19H,8-11H2,1-2H3,(H,31,34)(H,32,35). The molecule has 8 nitrogen and oxygen atoms in total. The lowest BCUT2D eigenvalue weighted by Crippen LogP contribution is -2.39. The molecule has 0 radical (unpaired) electrons. The highest BCUT2D eigenvalue weighted by molar-refractivity contribution is 7.21. The predicted molar refractivity (Wildman–Crippen MR) is 149 cm³/mol. The van der Waals surface area contributed by atoms with E-state index in [1.807, 2.05) is 61.5 Å². The minimum absolute atomic E-state index is 0.0915. The number of carbonyl (C=O) groups is 2. The monoisotopic (exact) mass is 528 g/mol. The number of urea groups is 1. The third kappa shape index (κ3) is 4.48. The Kier molecular flexibility index (Phi) is 6.47. The molecule has 9 heteroatoms. The Bertz CT molecular complexity index is 1510. The quantitative estimate of drug-likeness (QED) is 0.288. The molecular formula is C29H28N4O4S. The highest BCUT2D eigenvalue weighted by Gasteiger charge is 2.34. The van der Waals surface area contributed by atoms with Crippen LogP contribution in [0.25, 0.3) is 10.2 Å². The maximum atomic E-state index is 13.5. The summed E-state index contributed by atoms with van der Waals surface area (Å²) in [6.45, 7) is 1.94. The van der Waals surface area contributed by atoms with Crippen LogP contribution in [-0.4, -0.2) is 36.2 Å². The topological polar surface area (TPSA) is 92.8 Å². The van der Waals surface area contributed by atoms with Gasteiger partial charge in [0.2, 0.25) is 0 Å². The number of nitrogens with one attached hydrogen (secondary N) is 2. The number of thiophene rings is 1. The Morgan fingerprint density at radius 3 is 2.58 bits per heavy atom. The van der Waals surface area contributed by atoms with Gasteiger partial charge in [-0.05, 0) is 74.6 Å². The Hall–Kier alpha value is -3.95. The van der Waals surface area contributed by atoms with Crippen LogP contribution < -0.4 is 20.3 Å². The zero-order chi connectivity index (χ0) is 26.2. The summed E-state index contributed by atoms with van der Waals surface area (Å²) in [7, 11) is 1.73. The third-order valence-corrected chi connectivity index (χ3v) is 8.28. The highest BCUT2D eigenvalue weighted by atomic mass is 32.1. The van der Waals surface area contributed by atoms with Crippen LogP contribution in [-0.2, 0) is 4.74 Å². The Morgan fingerprint density at radius 2 is 1.84 bits per heavy atom. The number of methoxy groups -OCH3 is 1. The van der Waals surface area contributed by atoms with Gasteiger partial charge >= 0.3 is 6.03 Å². The van der Waals surface area contributed by atoms with E-state index < -0.39 is 0 Å². The molecule has 194 valence electrons. The van der Waals surface area contributed by atoms with E-state index in [0.717, 1.165) is 48.1 Å². The van der Waals surface area contributed by atoms with Crippen LogP contribution >= 0.6 is 11.3 Å².